The van der Waals surface area contributed by atoms with Crippen LogP contribution >= 0.6 is 11.8 Å². The molecule has 1 saturated carbocycles. The van der Waals surface area contributed by atoms with Crippen molar-refractivity contribution in [2.45, 2.75) is 43.8 Å². The lowest BCUT2D eigenvalue weighted by Crippen LogP contribution is -2.08. The molecule has 2 aromatic heterocycles. The second-order valence-electron chi connectivity index (χ2n) is 5.19. The standard InChI is InChI=1S/C14H17N3O2S/c1-9-6-7-15-13-12(9)16-14(20-8-11(18)19)17(13)10-4-2-3-5-10/h6-7,10H,2-5,8H2,1H3,(H,18,19). The topological polar surface area (TPSA) is 68.0 Å². The quantitative estimate of drug-likeness (QED) is 0.877. The Hall–Kier alpha value is -1.56. The maximum Gasteiger partial charge on any atom is 0.313 e. The molecule has 5 nitrogen and oxygen atoms in total. The highest BCUT2D eigenvalue weighted by atomic mass is 32.2. The minimum atomic E-state index is -0.815. The predicted molar refractivity (Wildman–Crippen MR) is 78.1 cm³/mol. The van der Waals surface area contributed by atoms with Gasteiger partial charge in [-0.25, -0.2) is 9.97 Å². The van der Waals surface area contributed by atoms with E-state index in [-0.39, 0.29) is 5.75 Å². The van der Waals surface area contributed by atoms with E-state index in [0.717, 1.165) is 34.7 Å². The first-order chi connectivity index (χ1) is 9.66. The molecule has 0 atom stereocenters. The first kappa shape index (κ1) is 13.4. The second kappa shape index (κ2) is 5.44. The third-order valence-electron chi connectivity index (χ3n) is 3.76. The number of carboxylic acid groups (broad SMARTS) is 1. The summed E-state index contributed by atoms with van der Waals surface area (Å²) in [5.74, 6) is -0.778. The van der Waals surface area contributed by atoms with Gasteiger partial charge in [-0.2, -0.15) is 0 Å². The van der Waals surface area contributed by atoms with Gasteiger partial charge in [0, 0.05) is 12.2 Å². The average Bonchev–Trinajstić information content (AvgIpc) is 3.03. The number of carboxylic acids is 1. The zero-order valence-corrected chi connectivity index (χ0v) is 12.2. The van der Waals surface area contributed by atoms with Gasteiger partial charge in [0.2, 0.25) is 0 Å². The van der Waals surface area contributed by atoms with Gasteiger partial charge in [-0.3, -0.25) is 4.79 Å². The van der Waals surface area contributed by atoms with Crippen LogP contribution in [-0.2, 0) is 4.79 Å². The van der Waals surface area contributed by atoms with Gasteiger partial charge >= 0.3 is 5.97 Å². The smallest absolute Gasteiger partial charge is 0.313 e. The Morgan fingerprint density at radius 2 is 2.25 bits per heavy atom. The predicted octanol–water partition coefficient (Wildman–Crippen LogP) is 3.03. The molecule has 20 heavy (non-hydrogen) atoms. The molecule has 0 saturated heterocycles. The molecule has 0 aliphatic heterocycles. The zero-order valence-electron chi connectivity index (χ0n) is 11.4. The fraction of sp³-hybridized carbons (Fsp3) is 0.500. The third-order valence-corrected chi connectivity index (χ3v) is 4.70. The molecule has 2 heterocycles. The van der Waals surface area contributed by atoms with E-state index >= 15 is 0 Å². The summed E-state index contributed by atoms with van der Waals surface area (Å²) in [6.45, 7) is 2.02. The number of aliphatic carboxylic acids is 1. The van der Waals surface area contributed by atoms with Gasteiger partial charge < -0.3 is 9.67 Å². The lowest BCUT2D eigenvalue weighted by Gasteiger charge is -2.14. The maximum absolute atomic E-state index is 10.8. The van der Waals surface area contributed by atoms with Crippen LogP contribution in [0.3, 0.4) is 0 Å². The highest BCUT2D eigenvalue weighted by molar-refractivity contribution is 7.99. The van der Waals surface area contributed by atoms with Crippen LogP contribution in [0.4, 0.5) is 0 Å². The molecule has 1 aliphatic carbocycles. The highest BCUT2D eigenvalue weighted by Gasteiger charge is 2.24. The van der Waals surface area contributed by atoms with Crippen molar-refractivity contribution < 1.29 is 9.90 Å². The van der Waals surface area contributed by atoms with Gasteiger partial charge in [0.1, 0.15) is 5.52 Å². The second-order valence-corrected chi connectivity index (χ2v) is 6.13. The number of thioether (sulfide) groups is 1. The number of hydrogen-bond acceptors (Lipinski definition) is 4. The van der Waals surface area contributed by atoms with Crippen molar-refractivity contribution in [3.8, 4) is 0 Å². The van der Waals surface area contributed by atoms with E-state index in [2.05, 4.69) is 14.5 Å². The zero-order chi connectivity index (χ0) is 14.1. The number of rotatable bonds is 4. The summed E-state index contributed by atoms with van der Waals surface area (Å²) in [5, 5.41) is 9.68. The molecule has 0 radical (unpaired) electrons. The van der Waals surface area contributed by atoms with Gasteiger partial charge in [-0.15, -0.1) is 0 Å². The molecule has 2 aromatic rings. The summed E-state index contributed by atoms with van der Waals surface area (Å²) in [7, 11) is 0. The average molecular weight is 291 g/mol. The molecular weight excluding hydrogens is 274 g/mol. The molecular formula is C14H17N3O2S. The van der Waals surface area contributed by atoms with Crippen LogP contribution in [-0.4, -0.2) is 31.4 Å². The van der Waals surface area contributed by atoms with Crippen LogP contribution in [0, 0.1) is 6.92 Å². The molecule has 0 unspecified atom stereocenters. The molecule has 1 aliphatic rings. The number of hydrogen-bond donors (Lipinski definition) is 1. The van der Waals surface area contributed by atoms with Gasteiger partial charge in [0.05, 0.1) is 5.75 Å². The minimum Gasteiger partial charge on any atom is -0.481 e. The molecule has 6 heteroatoms. The summed E-state index contributed by atoms with van der Waals surface area (Å²) in [4.78, 5) is 19.9. The Balaban J connectivity index is 2.08. The normalized spacial score (nSPS) is 16.1. The lowest BCUT2D eigenvalue weighted by molar-refractivity contribution is -0.133. The fourth-order valence-electron chi connectivity index (χ4n) is 2.81. The van der Waals surface area contributed by atoms with E-state index in [1.807, 2.05) is 13.0 Å². The van der Waals surface area contributed by atoms with Crippen LogP contribution in [0.5, 0.6) is 0 Å². The molecule has 0 bridgehead atoms. The number of imidazole rings is 1. The van der Waals surface area contributed by atoms with Crippen molar-refractivity contribution in [2.75, 3.05) is 5.75 Å². The van der Waals surface area contributed by atoms with Gasteiger partial charge in [-0.1, -0.05) is 24.6 Å². The largest absolute Gasteiger partial charge is 0.481 e. The SMILES string of the molecule is Cc1ccnc2c1nc(SCC(=O)O)n2C1CCCC1. The van der Waals surface area contributed by atoms with Crippen LogP contribution in [0.15, 0.2) is 17.4 Å². The summed E-state index contributed by atoms with van der Waals surface area (Å²) >= 11 is 1.29. The highest BCUT2D eigenvalue weighted by Crippen LogP contribution is 2.36. The van der Waals surface area contributed by atoms with Crippen molar-refractivity contribution in [3.63, 3.8) is 0 Å². The summed E-state index contributed by atoms with van der Waals surface area (Å²) in [5.41, 5.74) is 2.88. The van der Waals surface area contributed by atoms with Crippen molar-refractivity contribution in [2.24, 2.45) is 0 Å². The third kappa shape index (κ3) is 2.40. The molecule has 1 N–H and O–H groups in total. The van der Waals surface area contributed by atoms with Crippen molar-refractivity contribution >= 4 is 28.9 Å². The molecule has 0 aromatic carbocycles. The number of aryl methyl sites for hydroxylation is 1. The number of fused-ring (bicyclic) bond motifs is 1. The molecule has 106 valence electrons. The molecule has 0 spiro atoms. The van der Waals surface area contributed by atoms with Crippen LogP contribution in [0.2, 0.25) is 0 Å². The van der Waals surface area contributed by atoms with Crippen LogP contribution in [0.25, 0.3) is 11.2 Å². The Kier molecular flexibility index (Phi) is 3.65. The molecule has 1 fully saturated rings. The van der Waals surface area contributed by atoms with E-state index in [4.69, 9.17) is 5.11 Å². The lowest BCUT2D eigenvalue weighted by atomic mass is 10.2. The van der Waals surface area contributed by atoms with Crippen molar-refractivity contribution in [1.29, 1.82) is 0 Å². The monoisotopic (exact) mass is 291 g/mol. The Morgan fingerprint density at radius 3 is 2.95 bits per heavy atom. The summed E-state index contributed by atoms with van der Waals surface area (Å²) in [6, 6.07) is 2.35. The first-order valence-corrected chi connectivity index (χ1v) is 7.83. The fourth-order valence-corrected chi connectivity index (χ4v) is 3.59. The van der Waals surface area contributed by atoms with E-state index < -0.39 is 5.97 Å². The Bertz CT molecular complexity index is 647. The summed E-state index contributed by atoms with van der Waals surface area (Å²) in [6.07, 6.45) is 6.50. The van der Waals surface area contributed by atoms with Gasteiger partial charge in [0.15, 0.2) is 10.8 Å². The maximum atomic E-state index is 10.8. The molecule has 0 amide bonds. The summed E-state index contributed by atoms with van der Waals surface area (Å²) < 4.78 is 2.16. The number of pyridine rings is 1. The number of carbonyl (C=O) groups is 1. The van der Waals surface area contributed by atoms with Crippen LogP contribution in [0.1, 0.15) is 37.3 Å². The minimum absolute atomic E-state index is 0.0368. The van der Waals surface area contributed by atoms with Crippen molar-refractivity contribution in [1.82, 2.24) is 14.5 Å². The Labute approximate surface area is 121 Å². The van der Waals surface area contributed by atoms with E-state index in [1.54, 1.807) is 6.20 Å². The van der Waals surface area contributed by atoms with E-state index in [1.165, 1.54) is 24.6 Å². The van der Waals surface area contributed by atoms with E-state index in [0.29, 0.717) is 6.04 Å². The van der Waals surface area contributed by atoms with Crippen molar-refractivity contribution in [3.05, 3.63) is 17.8 Å². The van der Waals surface area contributed by atoms with Gasteiger partial charge in [0.25, 0.3) is 0 Å². The Morgan fingerprint density at radius 1 is 1.50 bits per heavy atom. The first-order valence-electron chi connectivity index (χ1n) is 6.85. The van der Waals surface area contributed by atoms with E-state index in [9.17, 15) is 4.79 Å². The number of aromatic nitrogens is 3. The van der Waals surface area contributed by atoms with Crippen LogP contribution < -0.4 is 0 Å². The number of nitrogens with zero attached hydrogens (tertiary/aromatic N) is 3. The molecule has 3 rings (SSSR count). The van der Waals surface area contributed by atoms with Gasteiger partial charge in [-0.05, 0) is 31.4 Å².